The Hall–Kier alpha value is -0.940. The van der Waals surface area contributed by atoms with Gasteiger partial charge in [-0.05, 0) is 11.1 Å². The minimum Gasteiger partial charge on any atom is -0.352 e. The maximum Gasteiger partial charge on any atom is 0.147 e. The molecule has 1 aliphatic heterocycles. The zero-order chi connectivity index (χ0) is 10.5. The third-order valence-corrected chi connectivity index (χ3v) is 2.39. The molecular formula is C11H15NO3. The van der Waals surface area contributed by atoms with Crippen LogP contribution in [0.4, 0.5) is 0 Å². The predicted molar refractivity (Wildman–Crippen MR) is 54.9 cm³/mol. The van der Waals surface area contributed by atoms with Crippen LogP contribution < -0.4 is 5.48 Å². The van der Waals surface area contributed by atoms with Gasteiger partial charge in [0.05, 0.1) is 13.7 Å². The van der Waals surface area contributed by atoms with Gasteiger partial charge in [0, 0.05) is 6.54 Å². The first-order valence-corrected chi connectivity index (χ1v) is 4.94. The van der Waals surface area contributed by atoms with Crippen LogP contribution in [-0.2, 0) is 20.9 Å². The van der Waals surface area contributed by atoms with Gasteiger partial charge < -0.3 is 14.3 Å². The molecule has 4 nitrogen and oxygen atoms in total. The molecule has 0 aliphatic carbocycles. The number of rotatable bonds is 4. The van der Waals surface area contributed by atoms with Crippen LogP contribution in [0, 0.1) is 0 Å². The fourth-order valence-electron chi connectivity index (χ4n) is 1.53. The van der Waals surface area contributed by atoms with Crippen LogP contribution in [0.3, 0.4) is 0 Å². The maximum atomic E-state index is 5.40. The number of nitrogens with one attached hydrogen (secondary N) is 1. The molecule has 0 amide bonds. The molecule has 0 saturated carbocycles. The summed E-state index contributed by atoms with van der Waals surface area (Å²) in [6, 6.07) is 8.24. The molecule has 82 valence electrons. The summed E-state index contributed by atoms with van der Waals surface area (Å²) in [4.78, 5) is 4.78. The van der Waals surface area contributed by atoms with Gasteiger partial charge in [-0.3, -0.25) is 0 Å². The van der Waals surface area contributed by atoms with Gasteiger partial charge in [0.15, 0.2) is 0 Å². The van der Waals surface area contributed by atoms with Crippen molar-refractivity contribution < 1.29 is 14.3 Å². The second-order valence-electron chi connectivity index (χ2n) is 3.41. The van der Waals surface area contributed by atoms with Gasteiger partial charge in [0.25, 0.3) is 0 Å². The van der Waals surface area contributed by atoms with Crippen LogP contribution in [0.1, 0.15) is 17.2 Å². The Balaban J connectivity index is 1.96. The maximum absolute atomic E-state index is 5.40. The number of hydrogen-bond donors (Lipinski definition) is 1. The second kappa shape index (κ2) is 5.23. The van der Waals surface area contributed by atoms with Crippen LogP contribution in [0.15, 0.2) is 24.3 Å². The van der Waals surface area contributed by atoms with E-state index < -0.39 is 0 Å². The Morgan fingerprint density at radius 1 is 1.40 bits per heavy atom. The van der Waals surface area contributed by atoms with Crippen molar-refractivity contribution in [3.63, 3.8) is 0 Å². The molecule has 0 radical (unpaired) electrons. The zero-order valence-electron chi connectivity index (χ0n) is 8.73. The first-order valence-electron chi connectivity index (χ1n) is 4.94. The molecule has 0 aromatic heterocycles. The summed E-state index contributed by atoms with van der Waals surface area (Å²) in [5.41, 5.74) is 5.14. The summed E-state index contributed by atoms with van der Waals surface area (Å²) < 4.78 is 10.5. The molecule has 4 heteroatoms. The quantitative estimate of drug-likeness (QED) is 0.760. The normalized spacial score (nSPS) is 20.7. The number of ether oxygens (including phenoxy) is 2. The van der Waals surface area contributed by atoms with Gasteiger partial charge in [-0.25, -0.2) is 0 Å². The van der Waals surface area contributed by atoms with Gasteiger partial charge in [0.1, 0.15) is 12.9 Å². The average molecular weight is 209 g/mol. The van der Waals surface area contributed by atoms with Crippen molar-refractivity contribution >= 4 is 0 Å². The fraction of sp³-hybridized carbons (Fsp3) is 0.455. The highest BCUT2D eigenvalue weighted by Crippen LogP contribution is 2.22. The van der Waals surface area contributed by atoms with Crippen molar-refractivity contribution in [1.29, 1.82) is 0 Å². The monoisotopic (exact) mass is 209 g/mol. The molecular weight excluding hydrogens is 194 g/mol. The van der Waals surface area contributed by atoms with Crippen LogP contribution in [0.5, 0.6) is 0 Å². The number of hydroxylamine groups is 1. The molecule has 1 aromatic rings. The van der Waals surface area contributed by atoms with E-state index in [0.29, 0.717) is 19.9 Å². The molecule has 1 aromatic carbocycles. The highest BCUT2D eigenvalue weighted by Gasteiger charge is 2.17. The standard InChI is InChI=1S/C11H15NO3/c1-13-12-6-9-2-4-10(5-3-9)11-7-14-8-15-11/h2-5,11-12H,6-8H2,1H3. The second-order valence-corrected chi connectivity index (χ2v) is 3.41. The molecule has 0 spiro atoms. The van der Waals surface area contributed by atoms with E-state index in [1.807, 2.05) is 0 Å². The lowest BCUT2D eigenvalue weighted by molar-refractivity contribution is 0.0466. The van der Waals surface area contributed by atoms with E-state index in [9.17, 15) is 0 Å². The lowest BCUT2D eigenvalue weighted by Gasteiger charge is -2.08. The Kier molecular flexibility index (Phi) is 3.69. The molecule has 1 N–H and O–H groups in total. The van der Waals surface area contributed by atoms with Crippen LogP contribution >= 0.6 is 0 Å². The van der Waals surface area contributed by atoms with Gasteiger partial charge >= 0.3 is 0 Å². The predicted octanol–water partition coefficient (Wildman–Crippen LogP) is 1.38. The zero-order valence-corrected chi connectivity index (χ0v) is 8.73. The first-order chi connectivity index (χ1) is 7.40. The highest BCUT2D eigenvalue weighted by molar-refractivity contribution is 5.24. The Bertz CT molecular complexity index is 293. The summed E-state index contributed by atoms with van der Waals surface area (Å²) in [5, 5.41) is 0. The van der Waals surface area contributed by atoms with Crippen LogP contribution in [0.2, 0.25) is 0 Å². The molecule has 2 rings (SSSR count). The Morgan fingerprint density at radius 2 is 2.20 bits per heavy atom. The Morgan fingerprint density at radius 3 is 2.80 bits per heavy atom. The summed E-state index contributed by atoms with van der Waals surface area (Å²) in [6.45, 7) is 1.76. The van der Waals surface area contributed by atoms with E-state index in [0.717, 1.165) is 5.56 Å². The lowest BCUT2D eigenvalue weighted by atomic mass is 10.1. The fourth-order valence-corrected chi connectivity index (χ4v) is 1.53. The molecule has 15 heavy (non-hydrogen) atoms. The largest absolute Gasteiger partial charge is 0.352 e. The van der Waals surface area contributed by atoms with Gasteiger partial charge in [-0.15, -0.1) is 0 Å². The van der Waals surface area contributed by atoms with Crippen molar-refractivity contribution in [1.82, 2.24) is 5.48 Å². The van der Waals surface area contributed by atoms with E-state index in [1.165, 1.54) is 5.56 Å². The molecule has 1 atom stereocenters. The van der Waals surface area contributed by atoms with E-state index in [2.05, 4.69) is 29.7 Å². The summed E-state index contributed by atoms with van der Waals surface area (Å²) in [6.07, 6.45) is 0.0921. The third kappa shape index (κ3) is 2.76. The van der Waals surface area contributed by atoms with Crippen molar-refractivity contribution in [2.45, 2.75) is 12.6 Å². The molecule has 0 bridgehead atoms. The first kappa shape index (κ1) is 10.6. The third-order valence-electron chi connectivity index (χ3n) is 2.39. The van der Waals surface area contributed by atoms with Crippen LogP contribution in [0.25, 0.3) is 0 Å². The van der Waals surface area contributed by atoms with Gasteiger partial charge in [-0.2, -0.15) is 5.48 Å². The number of benzene rings is 1. The van der Waals surface area contributed by atoms with E-state index in [1.54, 1.807) is 7.11 Å². The van der Waals surface area contributed by atoms with Crippen molar-refractivity contribution in [2.75, 3.05) is 20.5 Å². The molecule has 1 heterocycles. The van der Waals surface area contributed by atoms with Crippen molar-refractivity contribution in [3.8, 4) is 0 Å². The van der Waals surface area contributed by atoms with Crippen molar-refractivity contribution in [2.24, 2.45) is 0 Å². The SMILES string of the molecule is CONCc1ccc(C2COCO2)cc1. The average Bonchev–Trinajstić information content (AvgIpc) is 2.80. The molecule has 1 aliphatic rings. The smallest absolute Gasteiger partial charge is 0.147 e. The van der Waals surface area contributed by atoms with Crippen molar-refractivity contribution in [3.05, 3.63) is 35.4 Å². The highest BCUT2D eigenvalue weighted by atomic mass is 16.7. The van der Waals surface area contributed by atoms with E-state index in [-0.39, 0.29) is 6.10 Å². The van der Waals surface area contributed by atoms with Gasteiger partial charge in [0.2, 0.25) is 0 Å². The van der Waals surface area contributed by atoms with Crippen LogP contribution in [-0.4, -0.2) is 20.5 Å². The summed E-state index contributed by atoms with van der Waals surface area (Å²) in [7, 11) is 1.61. The van der Waals surface area contributed by atoms with Gasteiger partial charge in [-0.1, -0.05) is 24.3 Å². The summed E-state index contributed by atoms with van der Waals surface area (Å²) in [5.74, 6) is 0. The lowest BCUT2D eigenvalue weighted by Crippen LogP contribution is -2.10. The molecule has 1 unspecified atom stereocenters. The van der Waals surface area contributed by atoms with E-state index in [4.69, 9.17) is 14.3 Å². The summed E-state index contributed by atoms with van der Waals surface area (Å²) >= 11 is 0. The Labute approximate surface area is 89.1 Å². The molecule has 1 fully saturated rings. The minimum atomic E-state index is 0.0921. The minimum absolute atomic E-state index is 0.0921. The molecule has 1 saturated heterocycles. The topological polar surface area (TPSA) is 39.7 Å². The number of hydrogen-bond acceptors (Lipinski definition) is 4. The van der Waals surface area contributed by atoms with E-state index >= 15 is 0 Å².